The average Bonchev–Trinajstić information content (AvgIpc) is 2.81. The molecule has 1 saturated heterocycles. The second kappa shape index (κ2) is 7.67. The zero-order valence-corrected chi connectivity index (χ0v) is 19.3. The van der Waals surface area contributed by atoms with Gasteiger partial charge in [-0.1, -0.05) is 18.2 Å². The van der Waals surface area contributed by atoms with E-state index < -0.39 is 0 Å². The maximum atomic E-state index is 13.6. The Morgan fingerprint density at radius 1 is 0.909 bits per heavy atom. The predicted molar refractivity (Wildman–Crippen MR) is 124 cm³/mol. The van der Waals surface area contributed by atoms with Crippen molar-refractivity contribution in [2.24, 2.45) is 30.2 Å². The predicted octanol–water partition coefficient (Wildman–Crippen LogP) is 2.36. The summed E-state index contributed by atoms with van der Waals surface area (Å²) >= 11 is 0. The fraction of sp³-hybridized carbons (Fsp3) is 0.615. The standard InChI is InChI=1S/C26H32N4O3/c1-28-24(32)21-5-3-2-4-20(21)22(27-28)13-23(31)29-6-8-30(9-7-29)25(33)26-14-17-10-18(15-26)12-19(11-17)16-26/h2-5,17-19H,6-16H2,1H3. The van der Waals surface area contributed by atoms with Gasteiger partial charge in [-0.2, -0.15) is 5.10 Å². The summed E-state index contributed by atoms with van der Waals surface area (Å²) < 4.78 is 1.31. The Morgan fingerprint density at radius 3 is 2.06 bits per heavy atom. The third-order valence-corrected chi connectivity index (χ3v) is 8.76. The Labute approximate surface area is 193 Å². The van der Waals surface area contributed by atoms with Crippen molar-refractivity contribution in [3.63, 3.8) is 0 Å². The molecule has 5 fully saturated rings. The molecule has 174 valence electrons. The zero-order valence-electron chi connectivity index (χ0n) is 19.3. The van der Waals surface area contributed by atoms with Crippen LogP contribution in [0.2, 0.25) is 0 Å². The van der Waals surface area contributed by atoms with Gasteiger partial charge in [0.1, 0.15) is 0 Å². The molecular weight excluding hydrogens is 416 g/mol. The monoisotopic (exact) mass is 448 g/mol. The minimum atomic E-state index is -0.154. The summed E-state index contributed by atoms with van der Waals surface area (Å²) in [7, 11) is 1.62. The van der Waals surface area contributed by atoms with Crippen molar-refractivity contribution in [2.75, 3.05) is 26.2 Å². The molecule has 2 heterocycles. The van der Waals surface area contributed by atoms with Crippen LogP contribution in [0.5, 0.6) is 0 Å². The van der Waals surface area contributed by atoms with Gasteiger partial charge in [-0.05, 0) is 62.3 Å². The van der Waals surface area contributed by atoms with Crippen molar-refractivity contribution < 1.29 is 9.59 Å². The van der Waals surface area contributed by atoms with Crippen LogP contribution in [-0.4, -0.2) is 57.6 Å². The van der Waals surface area contributed by atoms with Gasteiger partial charge in [0, 0.05) is 38.6 Å². The van der Waals surface area contributed by atoms with Gasteiger partial charge in [-0.15, -0.1) is 0 Å². The molecule has 7 rings (SSSR count). The fourth-order valence-corrected chi connectivity index (χ4v) is 7.63. The minimum absolute atomic E-state index is 0.00760. The van der Waals surface area contributed by atoms with Crippen LogP contribution in [0.1, 0.15) is 44.2 Å². The Hall–Kier alpha value is -2.70. The molecule has 1 aromatic heterocycles. The molecule has 1 aromatic carbocycles. The topological polar surface area (TPSA) is 75.5 Å². The molecule has 0 N–H and O–H groups in total. The summed E-state index contributed by atoms with van der Waals surface area (Å²) in [4.78, 5) is 43.0. The number of benzene rings is 1. The highest BCUT2D eigenvalue weighted by molar-refractivity contribution is 5.88. The van der Waals surface area contributed by atoms with Crippen LogP contribution in [0.3, 0.4) is 0 Å². The van der Waals surface area contributed by atoms with E-state index in [-0.39, 0.29) is 23.3 Å². The first-order chi connectivity index (χ1) is 15.9. The molecule has 7 nitrogen and oxygen atoms in total. The second-order valence-electron chi connectivity index (χ2n) is 11.0. The number of nitrogens with zero attached hydrogens (tertiary/aromatic N) is 4. The van der Waals surface area contributed by atoms with Crippen LogP contribution in [0.25, 0.3) is 10.8 Å². The first kappa shape index (κ1) is 20.9. The highest BCUT2D eigenvalue weighted by Crippen LogP contribution is 2.60. The van der Waals surface area contributed by atoms with E-state index in [2.05, 4.69) is 5.10 Å². The van der Waals surface area contributed by atoms with Gasteiger partial charge in [0.2, 0.25) is 11.8 Å². The Bertz CT molecular complexity index is 1140. The summed E-state index contributed by atoms with van der Waals surface area (Å²) in [5.74, 6) is 2.64. The molecule has 4 aliphatic carbocycles. The number of amides is 2. The lowest BCUT2D eigenvalue weighted by Gasteiger charge is -2.57. The highest BCUT2D eigenvalue weighted by atomic mass is 16.2. The molecule has 0 radical (unpaired) electrons. The molecule has 2 amide bonds. The lowest BCUT2D eigenvalue weighted by Crippen LogP contribution is -2.58. The molecular formula is C26H32N4O3. The number of rotatable bonds is 3. The largest absolute Gasteiger partial charge is 0.339 e. The normalized spacial score (nSPS) is 30.8. The number of carbonyl (C=O) groups excluding carboxylic acids is 2. The third kappa shape index (κ3) is 3.47. The molecule has 33 heavy (non-hydrogen) atoms. The minimum Gasteiger partial charge on any atom is -0.339 e. The smallest absolute Gasteiger partial charge is 0.274 e. The van der Waals surface area contributed by atoms with Crippen molar-refractivity contribution in [1.29, 1.82) is 0 Å². The van der Waals surface area contributed by atoms with Crippen molar-refractivity contribution in [1.82, 2.24) is 19.6 Å². The van der Waals surface area contributed by atoms with E-state index in [4.69, 9.17) is 0 Å². The first-order valence-electron chi connectivity index (χ1n) is 12.4. The van der Waals surface area contributed by atoms with E-state index >= 15 is 0 Å². The fourth-order valence-electron chi connectivity index (χ4n) is 7.63. The van der Waals surface area contributed by atoms with E-state index in [0.29, 0.717) is 43.2 Å². The maximum absolute atomic E-state index is 13.6. The van der Waals surface area contributed by atoms with Crippen LogP contribution in [-0.2, 0) is 23.1 Å². The summed E-state index contributed by atoms with van der Waals surface area (Å²) in [6.45, 7) is 2.38. The van der Waals surface area contributed by atoms with Crippen molar-refractivity contribution >= 4 is 22.6 Å². The molecule has 7 heteroatoms. The van der Waals surface area contributed by atoms with E-state index in [1.165, 1.54) is 23.9 Å². The Balaban J connectivity index is 1.13. The SMILES string of the molecule is Cn1nc(CC(=O)N2CCN(C(=O)C34CC5CC(CC(C5)C3)C4)CC2)c2ccccc2c1=O. The number of hydrogen-bond donors (Lipinski definition) is 0. The lowest BCUT2D eigenvalue weighted by atomic mass is 9.49. The lowest BCUT2D eigenvalue weighted by molar-refractivity contribution is -0.160. The second-order valence-corrected chi connectivity index (χ2v) is 11.0. The quantitative estimate of drug-likeness (QED) is 0.723. The molecule has 5 aliphatic rings. The number of aryl methyl sites for hydroxylation is 1. The van der Waals surface area contributed by atoms with Gasteiger partial charge in [0.15, 0.2) is 0 Å². The van der Waals surface area contributed by atoms with Crippen LogP contribution in [0, 0.1) is 23.2 Å². The van der Waals surface area contributed by atoms with E-state index in [9.17, 15) is 14.4 Å². The molecule has 0 atom stereocenters. The van der Waals surface area contributed by atoms with Gasteiger partial charge in [-0.3, -0.25) is 14.4 Å². The van der Waals surface area contributed by atoms with Crippen LogP contribution < -0.4 is 5.56 Å². The van der Waals surface area contributed by atoms with Gasteiger partial charge in [0.05, 0.1) is 22.9 Å². The Morgan fingerprint density at radius 2 is 1.45 bits per heavy atom. The Kier molecular flexibility index (Phi) is 4.85. The molecule has 4 saturated carbocycles. The van der Waals surface area contributed by atoms with Crippen LogP contribution in [0.4, 0.5) is 0 Å². The molecule has 2 aromatic rings. The molecule has 4 bridgehead atoms. The van der Waals surface area contributed by atoms with Crippen LogP contribution >= 0.6 is 0 Å². The number of hydrogen-bond acceptors (Lipinski definition) is 4. The number of aromatic nitrogens is 2. The molecule has 0 unspecified atom stereocenters. The number of piperazine rings is 1. The molecule has 1 aliphatic heterocycles. The van der Waals surface area contributed by atoms with E-state index in [1.807, 2.05) is 28.0 Å². The van der Waals surface area contributed by atoms with E-state index in [0.717, 1.165) is 42.4 Å². The maximum Gasteiger partial charge on any atom is 0.274 e. The van der Waals surface area contributed by atoms with Crippen molar-refractivity contribution in [3.05, 3.63) is 40.3 Å². The number of fused-ring (bicyclic) bond motifs is 1. The van der Waals surface area contributed by atoms with E-state index in [1.54, 1.807) is 13.1 Å². The van der Waals surface area contributed by atoms with Crippen molar-refractivity contribution in [3.8, 4) is 0 Å². The highest BCUT2D eigenvalue weighted by Gasteiger charge is 2.55. The number of carbonyl (C=O) groups is 2. The van der Waals surface area contributed by atoms with Crippen LogP contribution in [0.15, 0.2) is 29.1 Å². The molecule has 0 spiro atoms. The third-order valence-electron chi connectivity index (χ3n) is 8.76. The first-order valence-corrected chi connectivity index (χ1v) is 12.4. The summed E-state index contributed by atoms with van der Waals surface area (Å²) in [5.41, 5.74) is 0.363. The van der Waals surface area contributed by atoms with Gasteiger partial charge >= 0.3 is 0 Å². The summed E-state index contributed by atoms with van der Waals surface area (Å²) in [6, 6.07) is 7.33. The zero-order chi connectivity index (χ0) is 22.7. The summed E-state index contributed by atoms with van der Waals surface area (Å²) in [5, 5.41) is 5.70. The van der Waals surface area contributed by atoms with Crippen molar-refractivity contribution in [2.45, 2.75) is 44.9 Å². The average molecular weight is 449 g/mol. The van der Waals surface area contributed by atoms with Gasteiger partial charge in [-0.25, -0.2) is 4.68 Å². The van der Waals surface area contributed by atoms with Gasteiger partial charge in [0.25, 0.3) is 5.56 Å². The summed E-state index contributed by atoms with van der Waals surface area (Å²) in [6.07, 6.45) is 7.43. The van der Waals surface area contributed by atoms with Gasteiger partial charge < -0.3 is 9.80 Å².